The average Bonchev–Trinajstić information content (AvgIpc) is 2.53. The molecule has 3 rings (SSSR count). The van der Waals surface area contributed by atoms with Gasteiger partial charge in [-0.15, -0.1) is 0 Å². The van der Waals surface area contributed by atoms with Crippen LogP contribution in [0.25, 0.3) is 0 Å². The van der Waals surface area contributed by atoms with Crippen molar-refractivity contribution in [1.82, 2.24) is 19.9 Å². The number of hydrogen-bond acceptors (Lipinski definition) is 7. The number of H-pyrrole nitrogens is 1. The quantitative estimate of drug-likeness (QED) is 0.867. The Morgan fingerprint density at radius 2 is 2.12 bits per heavy atom. The van der Waals surface area contributed by atoms with Gasteiger partial charge >= 0.3 is 0 Å². The van der Waals surface area contributed by atoms with Crippen LogP contribution >= 0.6 is 0 Å². The molecule has 2 aromatic heterocycles. The third kappa shape index (κ3) is 4.26. The van der Waals surface area contributed by atoms with Crippen LogP contribution in [0.1, 0.15) is 44.1 Å². The smallest absolute Gasteiger partial charge is 0.251 e. The molecule has 1 saturated heterocycles. The number of nitrogen functional groups attached to an aromatic ring is 1. The SMILES string of the molecule is Cc1nc([C@H]2CCCN(c3cc(OC(C)C)nc(N)n3)C2)cc(=O)[nH]1. The van der Waals surface area contributed by atoms with Gasteiger partial charge in [0.25, 0.3) is 5.56 Å². The lowest BCUT2D eigenvalue weighted by molar-refractivity contribution is 0.232. The first-order valence-corrected chi connectivity index (χ1v) is 8.54. The van der Waals surface area contributed by atoms with Gasteiger partial charge in [0, 0.05) is 31.1 Å². The number of ether oxygens (including phenoxy) is 1. The Bertz CT molecular complexity index is 804. The van der Waals surface area contributed by atoms with Crippen molar-refractivity contribution >= 4 is 11.8 Å². The molecule has 0 amide bonds. The summed E-state index contributed by atoms with van der Waals surface area (Å²) in [6.07, 6.45) is 1.99. The van der Waals surface area contributed by atoms with Crippen molar-refractivity contribution in [3.8, 4) is 5.88 Å². The molecule has 8 heteroatoms. The van der Waals surface area contributed by atoms with Crippen molar-refractivity contribution in [3.63, 3.8) is 0 Å². The van der Waals surface area contributed by atoms with Gasteiger partial charge < -0.3 is 20.4 Å². The lowest BCUT2D eigenvalue weighted by Crippen LogP contribution is -2.36. The molecule has 3 heterocycles. The Balaban J connectivity index is 1.83. The standard InChI is InChI=1S/C17H24N6O2/c1-10(2)25-16-8-14(21-17(18)22-16)23-6-4-5-12(9-23)13-7-15(24)20-11(3)19-13/h7-8,10,12H,4-6,9H2,1-3H3,(H2,18,21,22)(H,19,20,24)/t12-/m0/s1. The molecule has 1 aliphatic rings. The van der Waals surface area contributed by atoms with E-state index in [-0.39, 0.29) is 23.5 Å². The second kappa shape index (κ2) is 7.08. The molecule has 0 unspecified atom stereocenters. The van der Waals surface area contributed by atoms with Crippen molar-refractivity contribution in [2.24, 2.45) is 0 Å². The van der Waals surface area contributed by atoms with Crippen LogP contribution in [0.15, 0.2) is 16.9 Å². The van der Waals surface area contributed by atoms with Crippen LogP contribution in [0.2, 0.25) is 0 Å². The molecule has 0 bridgehead atoms. The number of anilines is 2. The molecule has 0 saturated carbocycles. The van der Waals surface area contributed by atoms with Gasteiger partial charge in [-0.25, -0.2) is 4.98 Å². The number of aromatic nitrogens is 4. The maximum absolute atomic E-state index is 11.7. The topological polar surface area (TPSA) is 110 Å². The number of nitrogens with zero attached hydrogens (tertiary/aromatic N) is 4. The molecule has 1 fully saturated rings. The fourth-order valence-electron chi connectivity index (χ4n) is 3.13. The molecule has 0 radical (unpaired) electrons. The van der Waals surface area contributed by atoms with Gasteiger partial charge in [-0.05, 0) is 33.6 Å². The van der Waals surface area contributed by atoms with Gasteiger partial charge in [0.1, 0.15) is 11.6 Å². The molecule has 1 atom stereocenters. The Morgan fingerprint density at radius 3 is 2.84 bits per heavy atom. The predicted molar refractivity (Wildman–Crippen MR) is 96.0 cm³/mol. The van der Waals surface area contributed by atoms with E-state index >= 15 is 0 Å². The summed E-state index contributed by atoms with van der Waals surface area (Å²) in [5, 5.41) is 0. The second-order valence-corrected chi connectivity index (χ2v) is 6.63. The zero-order chi connectivity index (χ0) is 18.0. The third-order valence-corrected chi connectivity index (χ3v) is 4.11. The lowest BCUT2D eigenvalue weighted by atomic mass is 9.94. The largest absolute Gasteiger partial charge is 0.475 e. The van der Waals surface area contributed by atoms with E-state index in [1.165, 1.54) is 0 Å². The number of aromatic amines is 1. The van der Waals surface area contributed by atoms with Crippen molar-refractivity contribution in [3.05, 3.63) is 34.0 Å². The number of piperidine rings is 1. The highest BCUT2D eigenvalue weighted by molar-refractivity contribution is 5.46. The Morgan fingerprint density at radius 1 is 1.32 bits per heavy atom. The summed E-state index contributed by atoms with van der Waals surface area (Å²) < 4.78 is 5.65. The van der Waals surface area contributed by atoms with Crippen LogP contribution in [0, 0.1) is 6.92 Å². The van der Waals surface area contributed by atoms with Crippen molar-refractivity contribution in [2.45, 2.75) is 45.6 Å². The molecular weight excluding hydrogens is 320 g/mol. The van der Waals surface area contributed by atoms with Gasteiger partial charge in [0.2, 0.25) is 11.8 Å². The zero-order valence-electron chi connectivity index (χ0n) is 14.8. The molecule has 134 valence electrons. The minimum atomic E-state index is -0.112. The molecule has 3 N–H and O–H groups in total. The fourth-order valence-corrected chi connectivity index (χ4v) is 3.13. The summed E-state index contributed by atoms with van der Waals surface area (Å²) in [5.41, 5.74) is 6.55. The Hall–Kier alpha value is -2.64. The monoisotopic (exact) mass is 344 g/mol. The van der Waals surface area contributed by atoms with E-state index in [0.29, 0.717) is 11.7 Å². The number of rotatable bonds is 4. The van der Waals surface area contributed by atoms with E-state index in [2.05, 4.69) is 24.8 Å². The molecular formula is C17H24N6O2. The molecule has 0 spiro atoms. The van der Waals surface area contributed by atoms with Gasteiger partial charge in [0.15, 0.2) is 0 Å². The van der Waals surface area contributed by atoms with Gasteiger partial charge in [0.05, 0.1) is 11.8 Å². The minimum Gasteiger partial charge on any atom is -0.475 e. The van der Waals surface area contributed by atoms with E-state index < -0.39 is 0 Å². The molecule has 8 nitrogen and oxygen atoms in total. The second-order valence-electron chi connectivity index (χ2n) is 6.63. The summed E-state index contributed by atoms with van der Waals surface area (Å²) in [4.78, 5) is 29.6. The molecule has 25 heavy (non-hydrogen) atoms. The van der Waals surface area contributed by atoms with E-state index in [1.807, 2.05) is 19.9 Å². The molecule has 0 aliphatic carbocycles. The van der Waals surface area contributed by atoms with Crippen LogP contribution in [-0.4, -0.2) is 39.1 Å². The minimum absolute atomic E-state index is 0.0134. The van der Waals surface area contributed by atoms with Crippen LogP contribution < -0.4 is 20.9 Å². The summed E-state index contributed by atoms with van der Waals surface area (Å²) in [5.74, 6) is 2.23. The first-order valence-electron chi connectivity index (χ1n) is 8.54. The van der Waals surface area contributed by atoms with E-state index in [0.717, 1.165) is 37.4 Å². The summed E-state index contributed by atoms with van der Waals surface area (Å²) in [6, 6.07) is 3.40. The van der Waals surface area contributed by atoms with E-state index in [9.17, 15) is 4.79 Å². The van der Waals surface area contributed by atoms with Gasteiger partial charge in [-0.1, -0.05) is 0 Å². The summed E-state index contributed by atoms with van der Waals surface area (Å²) >= 11 is 0. The van der Waals surface area contributed by atoms with Crippen LogP contribution in [0.4, 0.5) is 11.8 Å². The van der Waals surface area contributed by atoms with Crippen molar-refractivity contribution in [2.75, 3.05) is 23.7 Å². The van der Waals surface area contributed by atoms with Gasteiger partial charge in [-0.3, -0.25) is 4.79 Å². The highest BCUT2D eigenvalue weighted by atomic mass is 16.5. The first kappa shape index (κ1) is 17.2. The van der Waals surface area contributed by atoms with Crippen LogP contribution in [0.5, 0.6) is 5.88 Å². The highest BCUT2D eigenvalue weighted by Crippen LogP contribution is 2.29. The fraction of sp³-hybridized carbons (Fsp3) is 0.529. The van der Waals surface area contributed by atoms with Crippen LogP contribution in [-0.2, 0) is 0 Å². The maximum Gasteiger partial charge on any atom is 0.251 e. The van der Waals surface area contributed by atoms with E-state index in [4.69, 9.17) is 10.5 Å². The Kier molecular flexibility index (Phi) is 4.87. The first-order chi connectivity index (χ1) is 11.9. The molecule has 2 aromatic rings. The number of hydrogen-bond donors (Lipinski definition) is 2. The number of aryl methyl sites for hydroxylation is 1. The maximum atomic E-state index is 11.7. The van der Waals surface area contributed by atoms with Gasteiger partial charge in [-0.2, -0.15) is 9.97 Å². The molecule has 1 aliphatic heterocycles. The van der Waals surface area contributed by atoms with E-state index in [1.54, 1.807) is 13.0 Å². The highest BCUT2D eigenvalue weighted by Gasteiger charge is 2.24. The Labute approximate surface area is 146 Å². The van der Waals surface area contributed by atoms with Crippen molar-refractivity contribution in [1.29, 1.82) is 0 Å². The number of nitrogens with one attached hydrogen (secondary N) is 1. The summed E-state index contributed by atoms with van der Waals surface area (Å²) in [6.45, 7) is 7.28. The zero-order valence-corrected chi connectivity index (χ0v) is 14.8. The van der Waals surface area contributed by atoms with Crippen LogP contribution in [0.3, 0.4) is 0 Å². The molecule has 0 aromatic carbocycles. The number of nitrogens with two attached hydrogens (primary N) is 1. The van der Waals surface area contributed by atoms with Crippen molar-refractivity contribution < 1.29 is 4.74 Å². The lowest BCUT2D eigenvalue weighted by Gasteiger charge is -2.33. The predicted octanol–water partition coefficient (Wildman–Crippen LogP) is 1.62. The summed E-state index contributed by atoms with van der Waals surface area (Å²) in [7, 11) is 0. The normalized spacial score (nSPS) is 17.8. The average molecular weight is 344 g/mol. The third-order valence-electron chi connectivity index (χ3n) is 4.11.